The third-order valence-electron chi connectivity index (χ3n) is 3.06. The summed E-state index contributed by atoms with van der Waals surface area (Å²) in [5.41, 5.74) is 1.10. The van der Waals surface area contributed by atoms with Crippen molar-refractivity contribution in [3.8, 4) is 0 Å². The van der Waals surface area contributed by atoms with Gasteiger partial charge in [0.25, 0.3) is 0 Å². The monoisotopic (exact) mass is 224 g/mol. The average Bonchev–Trinajstić information content (AvgIpc) is 2.55. The molecule has 1 saturated heterocycles. The van der Waals surface area contributed by atoms with E-state index >= 15 is 0 Å². The maximum absolute atomic E-state index is 9.30. The fourth-order valence-electron chi connectivity index (χ4n) is 2.38. The summed E-state index contributed by atoms with van der Waals surface area (Å²) in [6.07, 6.45) is 5.48. The minimum Gasteiger partial charge on any atom is -0.393 e. The molecule has 0 spiro atoms. The molecular formula is C13H20O3. The highest BCUT2D eigenvalue weighted by atomic mass is 16.6. The number of aliphatic hydroxyl groups excluding tert-OH is 1. The fourth-order valence-corrected chi connectivity index (χ4v) is 2.38. The van der Waals surface area contributed by atoms with Gasteiger partial charge in [0.2, 0.25) is 0 Å². The molecule has 2 aliphatic rings. The number of hydrogen-bond donors (Lipinski definition) is 1. The van der Waals surface area contributed by atoms with Crippen LogP contribution in [0, 0.1) is 0 Å². The molecule has 0 aliphatic carbocycles. The number of fused-ring (bicyclic) bond motifs is 2. The topological polar surface area (TPSA) is 38.7 Å². The van der Waals surface area contributed by atoms with E-state index in [4.69, 9.17) is 9.47 Å². The molecule has 2 heterocycles. The molecule has 5 atom stereocenters. The molecule has 0 aromatic carbocycles. The Hall–Kier alpha value is -0.640. The summed E-state index contributed by atoms with van der Waals surface area (Å²) >= 11 is 0. The van der Waals surface area contributed by atoms with Gasteiger partial charge >= 0.3 is 0 Å². The van der Waals surface area contributed by atoms with E-state index in [1.165, 1.54) is 0 Å². The van der Waals surface area contributed by atoms with E-state index in [0.717, 1.165) is 12.0 Å². The molecule has 0 aromatic heterocycles. The molecular weight excluding hydrogens is 204 g/mol. The van der Waals surface area contributed by atoms with Crippen LogP contribution in [0.15, 0.2) is 24.3 Å². The predicted molar refractivity (Wildman–Crippen MR) is 62.2 cm³/mol. The van der Waals surface area contributed by atoms with Gasteiger partial charge in [-0.25, -0.2) is 0 Å². The van der Waals surface area contributed by atoms with Crippen molar-refractivity contribution in [3.05, 3.63) is 24.3 Å². The molecule has 0 unspecified atom stereocenters. The van der Waals surface area contributed by atoms with Crippen LogP contribution in [0.4, 0.5) is 0 Å². The fraction of sp³-hybridized carbons (Fsp3) is 0.692. The standard InChI is InChI=1S/C13H20O3/c1-8-6-11-4-5-12(16-11)13(8)15-10(3)7-9(2)14/h4-5,9-14H,1,6-7H2,2-3H3/t9-,10-,11-,12+,13+/m0/s1. The van der Waals surface area contributed by atoms with Crippen molar-refractivity contribution in [1.29, 1.82) is 0 Å². The Kier molecular flexibility index (Phi) is 3.47. The number of aliphatic hydroxyl groups is 1. The lowest BCUT2D eigenvalue weighted by atomic mass is 10.00. The first kappa shape index (κ1) is 11.8. The average molecular weight is 224 g/mol. The van der Waals surface area contributed by atoms with Gasteiger partial charge < -0.3 is 14.6 Å². The molecule has 3 nitrogen and oxygen atoms in total. The zero-order valence-electron chi connectivity index (χ0n) is 9.93. The Labute approximate surface area is 96.7 Å². The highest BCUT2D eigenvalue weighted by molar-refractivity contribution is 5.22. The van der Waals surface area contributed by atoms with E-state index < -0.39 is 0 Å². The lowest BCUT2D eigenvalue weighted by Crippen LogP contribution is -2.39. The molecule has 16 heavy (non-hydrogen) atoms. The Morgan fingerprint density at radius 1 is 1.56 bits per heavy atom. The van der Waals surface area contributed by atoms with Crippen molar-refractivity contribution in [2.45, 2.75) is 57.2 Å². The Morgan fingerprint density at radius 2 is 2.31 bits per heavy atom. The molecule has 1 fully saturated rings. The molecule has 1 N–H and O–H groups in total. The second kappa shape index (κ2) is 4.70. The zero-order valence-corrected chi connectivity index (χ0v) is 9.93. The molecule has 2 aliphatic heterocycles. The van der Waals surface area contributed by atoms with Gasteiger partial charge in [-0.1, -0.05) is 18.7 Å². The first-order valence-corrected chi connectivity index (χ1v) is 5.91. The van der Waals surface area contributed by atoms with Crippen molar-refractivity contribution in [1.82, 2.24) is 0 Å². The highest BCUT2D eigenvalue weighted by Crippen LogP contribution is 2.33. The molecule has 2 rings (SSSR count). The molecule has 0 saturated carbocycles. The first-order valence-electron chi connectivity index (χ1n) is 5.91. The van der Waals surface area contributed by atoms with E-state index in [0.29, 0.717) is 6.42 Å². The highest BCUT2D eigenvalue weighted by Gasteiger charge is 2.36. The van der Waals surface area contributed by atoms with Crippen LogP contribution in [0.25, 0.3) is 0 Å². The largest absolute Gasteiger partial charge is 0.393 e. The second-order valence-corrected chi connectivity index (χ2v) is 4.84. The van der Waals surface area contributed by atoms with Crippen molar-refractivity contribution in [3.63, 3.8) is 0 Å². The van der Waals surface area contributed by atoms with Gasteiger partial charge in [-0.2, -0.15) is 0 Å². The van der Waals surface area contributed by atoms with Crippen molar-refractivity contribution in [2.24, 2.45) is 0 Å². The molecule has 2 bridgehead atoms. The quantitative estimate of drug-likeness (QED) is 0.740. The van der Waals surface area contributed by atoms with Crippen molar-refractivity contribution >= 4 is 0 Å². The molecule has 0 radical (unpaired) electrons. The van der Waals surface area contributed by atoms with Crippen molar-refractivity contribution in [2.75, 3.05) is 0 Å². The lowest BCUT2D eigenvalue weighted by molar-refractivity contribution is -0.0957. The van der Waals surface area contributed by atoms with Crippen LogP contribution in [0.3, 0.4) is 0 Å². The molecule has 0 amide bonds. The van der Waals surface area contributed by atoms with E-state index in [-0.39, 0.29) is 30.5 Å². The number of ether oxygens (including phenoxy) is 2. The Bertz CT molecular complexity index is 296. The maximum atomic E-state index is 9.30. The lowest BCUT2D eigenvalue weighted by Gasteiger charge is -2.33. The molecule has 90 valence electrons. The van der Waals surface area contributed by atoms with Gasteiger partial charge in [-0.15, -0.1) is 0 Å². The summed E-state index contributed by atoms with van der Waals surface area (Å²) in [4.78, 5) is 0. The minimum absolute atomic E-state index is 0.0164. The minimum atomic E-state index is -0.334. The van der Waals surface area contributed by atoms with Crippen molar-refractivity contribution < 1.29 is 14.6 Å². The van der Waals surface area contributed by atoms with Crippen LogP contribution in [-0.2, 0) is 9.47 Å². The molecule has 0 aromatic rings. The smallest absolute Gasteiger partial charge is 0.108 e. The maximum Gasteiger partial charge on any atom is 0.108 e. The van der Waals surface area contributed by atoms with Crippen LogP contribution < -0.4 is 0 Å². The van der Waals surface area contributed by atoms with Gasteiger partial charge in [0.05, 0.1) is 18.3 Å². The van der Waals surface area contributed by atoms with Crippen LogP contribution >= 0.6 is 0 Å². The van der Waals surface area contributed by atoms with Gasteiger partial charge in [0.15, 0.2) is 0 Å². The van der Waals surface area contributed by atoms with Gasteiger partial charge in [0, 0.05) is 6.42 Å². The predicted octanol–water partition coefficient (Wildman–Crippen LogP) is 1.81. The van der Waals surface area contributed by atoms with E-state index in [1.807, 2.05) is 6.92 Å². The number of rotatable bonds is 4. The van der Waals surface area contributed by atoms with Crippen LogP contribution in [0.1, 0.15) is 26.7 Å². The third-order valence-corrected chi connectivity index (χ3v) is 3.06. The van der Waals surface area contributed by atoms with Crippen LogP contribution in [-0.4, -0.2) is 35.6 Å². The molecule has 3 heteroatoms. The van der Waals surface area contributed by atoms with Crippen LogP contribution in [0.5, 0.6) is 0 Å². The summed E-state index contributed by atoms with van der Waals surface area (Å²) in [7, 11) is 0. The second-order valence-electron chi connectivity index (χ2n) is 4.84. The zero-order chi connectivity index (χ0) is 11.7. The normalized spacial score (nSPS) is 36.4. The Balaban J connectivity index is 1.92. The summed E-state index contributed by atoms with van der Waals surface area (Å²) in [5.74, 6) is 0. The van der Waals surface area contributed by atoms with E-state index in [2.05, 4.69) is 18.7 Å². The van der Waals surface area contributed by atoms with Gasteiger partial charge in [-0.3, -0.25) is 0 Å². The van der Waals surface area contributed by atoms with Crippen LogP contribution in [0.2, 0.25) is 0 Å². The first-order chi connectivity index (χ1) is 7.56. The summed E-state index contributed by atoms with van der Waals surface area (Å²) in [6.45, 7) is 7.81. The van der Waals surface area contributed by atoms with E-state index in [1.54, 1.807) is 6.92 Å². The van der Waals surface area contributed by atoms with Gasteiger partial charge in [-0.05, 0) is 25.8 Å². The SMILES string of the molecule is C=C1C[C@@H]2C=C[C@@H](O2)[C@@H]1O[C@@H](C)C[C@H](C)O. The summed E-state index contributed by atoms with van der Waals surface area (Å²) in [6, 6.07) is 0. The van der Waals surface area contributed by atoms with E-state index in [9.17, 15) is 5.11 Å². The summed E-state index contributed by atoms with van der Waals surface area (Å²) in [5, 5.41) is 9.30. The number of hydrogen-bond acceptors (Lipinski definition) is 3. The summed E-state index contributed by atoms with van der Waals surface area (Å²) < 4.78 is 11.6. The third kappa shape index (κ3) is 2.54. The Morgan fingerprint density at radius 3 is 3.00 bits per heavy atom. The van der Waals surface area contributed by atoms with Gasteiger partial charge in [0.1, 0.15) is 12.2 Å².